The summed E-state index contributed by atoms with van der Waals surface area (Å²) in [5.74, 6) is 0. The second-order valence-electron chi connectivity index (χ2n) is 8.09. The predicted molar refractivity (Wildman–Crippen MR) is 123 cm³/mol. The first-order valence-electron chi connectivity index (χ1n) is 11.6. The van der Waals surface area contributed by atoms with Gasteiger partial charge in [-0.3, -0.25) is 0 Å². The summed E-state index contributed by atoms with van der Waals surface area (Å²) in [6.07, 6.45) is 16.4. The van der Waals surface area contributed by atoms with Gasteiger partial charge in [0, 0.05) is 26.2 Å². The van der Waals surface area contributed by atoms with E-state index < -0.39 is 0 Å². The summed E-state index contributed by atoms with van der Waals surface area (Å²) in [5.41, 5.74) is 7.67. The SMILES string of the molecule is CCc1sc[n+](CCCCCCCCCCCC[n+]2csc(C)c2CC)c1C.[Br-].[Br-]. The fourth-order valence-corrected chi connectivity index (χ4v) is 5.99. The molecule has 0 unspecified atom stereocenters. The first-order valence-corrected chi connectivity index (χ1v) is 13.4. The molecule has 2 rings (SSSR count). The van der Waals surface area contributed by atoms with Gasteiger partial charge in [0.15, 0.2) is 11.4 Å². The number of halogens is 2. The number of nitrogens with zero attached hydrogens (tertiary/aromatic N) is 2. The molecule has 0 radical (unpaired) electrons. The molecule has 174 valence electrons. The zero-order valence-corrected chi connectivity index (χ0v) is 24.3. The number of aromatic nitrogens is 2. The van der Waals surface area contributed by atoms with Crippen LogP contribution in [0.4, 0.5) is 0 Å². The van der Waals surface area contributed by atoms with Gasteiger partial charge >= 0.3 is 0 Å². The van der Waals surface area contributed by atoms with Gasteiger partial charge in [-0.05, 0) is 26.2 Å². The van der Waals surface area contributed by atoms with Crippen molar-refractivity contribution in [2.45, 2.75) is 118 Å². The van der Waals surface area contributed by atoms with Crippen LogP contribution in [-0.2, 0) is 25.9 Å². The average Bonchev–Trinajstić information content (AvgIpc) is 3.24. The van der Waals surface area contributed by atoms with Crippen LogP contribution in [0.1, 0.15) is 99.2 Å². The maximum Gasteiger partial charge on any atom is 0.225 e. The van der Waals surface area contributed by atoms with E-state index in [1.165, 1.54) is 101 Å². The van der Waals surface area contributed by atoms with E-state index in [1.807, 2.05) is 22.7 Å². The molecule has 0 saturated carbocycles. The molecule has 6 heteroatoms. The molecular formula is C24H42Br2N2S2. The Hall–Kier alpha value is 0.220. The number of aryl methyl sites for hydroxylation is 4. The monoisotopic (exact) mass is 580 g/mol. The molecule has 0 saturated heterocycles. The van der Waals surface area contributed by atoms with Crippen molar-refractivity contribution in [1.29, 1.82) is 0 Å². The van der Waals surface area contributed by atoms with Crippen molar-refractivity contribution in [3.8, 4) is 0 Å². The van der Waals surface area contributed by atoms with Gasteiger partial charge in [-0.25, -0.2) is 0 Å². The Morgan fingerprint density at radius 3 is 1.57 bits per heavy atom. The highest BCUT2D eigenvalue weighted by Crippen LogP contribution is 2.14. The highest BCUT2D eigenvalue weighted by Gasteiger charge is 2.14. The Balaban J connectivity index is 0.00000420. The standard InChI is InChI=1S/C24H42N2S2.2BrH/c1-5-23-22(4)27-20-26(23)18-16-14-12-10-8-7-9-11-13-15-17-25-19-28-24(6-2)21(25)3;;/h19-20H,5-18H2,1-4H3;2*1H/q+2;;/p-2. The van der Waals surface area contributed by atoms with Crippen LogP contribution >= 0.6 is 22.7 Å². The molecule has 0 aliphatic rings. The summed E-state index contributed by atoms with van der Waals surface area (Å²) in [4.78, 5) is 3.05. The third-order valence-corrected chi connectivity index (χ3v) is 8.15. The highest BCUT2D eigenvalue weighted by molar-refractivity contribution is 7.09. The van der Waals surface area contributed by atoms with E-state index in [9.17, 15) is 0 Å². The second kappa shape index (κ2) is 17.7. The van der Waals surface area contributed by atoms with Crippen LogP contribution in [0.2, 0.25) is 0 Å². The van der Waals surface area contributed by atoms with Crippen LogP contribution in [0.25, 0.3) is 0 Å². The van der Waals surface area contributed by atoms with Crippen LogP contribution in [0.15, 0.2) is 11.0 Å². The topological polar surface area (TPSA) is 7.76 Å². The maximum absolute atomic E-state index is 2.49. The normalized spacial score (nSPS) is 10.7. The number of thiazole rings is 2. The molecule has 0 fully saturated rings. The lowest BCUT2D eigenvalue weighted by atomic mass is 10.1. The smallest absolute Gasteiger partial charge is 0.225 e. The van der Waals surface area contributed by atoms with Gasteiger partial charge in [-0.2, -0.15) is 9.13 Å². The number of unbranched alkanes of at least 4 members (excludes halogenated alkanes) is 9. The minimum atomic E-state index is 0. The molecule has 2 aromatic rings. The lowest BCUT2D eigenvalue weighted by Crippen LogP contribution is -3.00. The Morgan fingerprint density at radius 2 is 1.10 bits per heavy atom. The molecule has 2 nitrogen and oxygen atoms in total. The van der Waals surface area contributed by atoms with Crippen molar-refractivity contribution in [2.75, 3.05) is 0 Å². The first-order chi connectivity index (χ1) is 13.7. The summed E-state index contributed by atoms with van der Waals surface area (Å²) in [7, 11) is 0. The van der Waals surface area contributed by atoms with Gasteiger partial charge in [-0.15, -0.1) is 0 Å². The van der Waals surface area contributed by atoms with Gasteiger partial charge in [0.25, 0.3) is 0 Å². The van der Waals surface area contributed by atoms with Crippen molar-refractivity contribution in [1.82, 2.24) is 0 Å². The van der Waals surface area contributed by atoms with E-state index >= 15 is 0 Å². The fourth-order valence-electron chi connectivity index (χ4n) is 4.11. The molecule has 2 aromatic heterocycles. The summed E-state index contributed by atoms with van der Waals surface area (Å²) in [6, 6.07) is 0. The Morgan fingerprint density at radius 1 is 0.633 bits per heavy atom. The van der Waals surface area contributed by atoms with Crippen LogP contribution in [0.5, 0.6) is 0 Å². The third-order valence-electron chi connectivity index (χ3n) is 5.97. The quantitative estimate of drug-likeness (QED) is 0.216. The van der Waals surface area contributed by atoms with Crippen LogP contribution < -0.4 is 43.1 Å². The van der Waals surface area contributed by atoms with E-state index in [4.69, 9.17) is 0 Å². The van der Waals surface area contributed by atoms with E-state index in [2.05, 4.69) is 47.9 Å². The van der Waals surface area contributed by atoms with Gasteiger partial charge in [0.05, 0.1) is 9.75 Å². The van der Waals surface area contributed by atoms with Crippen molar-refractivity contribution in [2.24, 2.45) is 0 Å². The summed E-state index contributed by atoms with van der Waals surface area (Å²) >= 11 is 3.82. The van der Waals surface area contributed by atoms with Crippen LogP contribution in [-0.4, -0.2) is 0 Å². The molecule has 0 aliphatic carbocycles. The molecular weight excluding hydrogens is 540 g/mol. The fraction of sp³-hybridized carbons (Fsp3) is 0.750. The van der Waals surface area contributed by atoms with Gasteiger partial charge in [-0.1, -0.05) is 75.0 Å². The molecule has 0 atom stereocenters. The minimum absolute atomic E-state index is 0. The third kappa shape index (κ3) is 10.2. The van der Waals surface area contributed by atoms with E-state index in [-0.39, 0.29) is 34.0 Å². The van der Waals surface area contributed by atoms with Crippen molar-refractivity contribution >= 4 is 22.7 Å². The summed E-state index contributed by atoms with van der Waals surface area (Å²) in [5, 5.41) is 0. The van der Waals surface area contributed by atoms with Gasteiger partial charge in [0.1, 0.15) is 13.1 Å². The second-order valence-corrected chi connectivity index (χ2v) is 10.1. The molecule has 0 aliphatic heterocycles. The molecule has 0 spiro atoms. The van der Waals surface area contributed by atoms with E-state index in [0.29, 0.717) is 0 Å². The van der Waals surface area contributed by atoms with Crippen LogP contribution in [0.3, 0.4) is 0 Å². The molecule has 0 aromatic carbocycles. The molecule has 0 bridgehead atoms. The number of rotatable bonds is 15. The zero-order valence-electron chi connectivity index (χ0n) is 19.5. The lowest BCUT2D eigenvalue weighted by Gasteiger charge is -2.02. The molecule has 0 N–H and O–H groups in total. The Bertz CT molecular complexity index is 683. The first kappa shape index (κ1) is 30.2. The van der Waals surface area contributed by atoms with Crippen molar-refractivity contribution < 1.29 is 43.1 Å². The highest BCUT2D eigenvalue weighted by atomic mass is 79.9. The van der Waals surface area contributed by atoms with Gasteiger partial charge < -0.3 is 34.0 Å². The van der Waals surface area contributed by atoms with E-state index in [0.717, 1.165) is 0 Å². The van der Waals surface area contributed by atoms with Crippen molar-refractivity contribution in [3.63, 3.8) is 0 Å². The van der Waals surface area contributed by atoms with Crippen LogP contribution in [0, 0.1) is 13.8 Å². The Labute approximate surface area is 214 Å². The minimum Gasteiger partial charge on any atom is -1.00 e. The maximum atomic E-state index is 2.49. The zero-order chi connectivity index (χ0) is 20.2. The lowest BCUT2D eigenvalue weighted by molar-refractivity contribution is -0.699. The van der Waals surface area contributed by atoms with Crippen molar-refractivity contribution in [3.05, 3.63) is 32.2 Å². The largest absolute Gasteiger partial charge is 1.00 e. The molecule has 30 heavy (non-hydrogen) atoms. The number of hydrogen-bond acceptors (Lipinski definition) is 2. The Kier molecular flexibility index (Phi) is 17.9. The summed E-state index contributed by atoms with van der Waals surface area (Å²) < 4.78 is 4.95. The van der Waals surface area contributed by atoms with Gasteiger partial charge in [0.2, 0.25) is 11.0 Å². The number of hydrogen-bond donors (Lipinski definition) is 0. The molecule has 2 heterocycles. The van der Waals surface area contributed by atoms with E-state index in [1.54, 1.807) is 10.6 Å². The summed E-state index contributed by atoms with van der Waals surface area (Å²) in [6.45, 7) is 11.5. The molecule has 0 amide bonds. The average molecular weight is 583 g/mol. The predicted octanol–water partition coefficient (Wildman–Crippen LogP) is 0.735.